The molecule has 0 aromatic heterocycles. The van der Waals surface area contributed by atoms with Crippen LogP contribution in [0.5, 0.6) is 0 Å². The smallest absolute Gasteiger partial charge is 0.338 e. The Bertz CT molecular complexity index is 485. The molecule has 0 radical (unpaired) electrons. The van der Waals surface area contributed by atoms with Gasteiger partial charge in [-0.25, -0.2) is 9.18 Å². The Morgan fingerprint density at radius 1 is 1.43 bits per heavy atom. The third-order valence-electron chi connectivity index (χ3n) is 4.16. The Hall–Kier alpha value is -1.46. The molecule has 2 N–H and O–H groups in total. The molecule has 116 valence electrons. The fraction of sp³-hybridized carbons (Fsp3) is 0.562. The highest BCUT2D eigenvalue weighted by molar-refractivity contribution is 5.87. The van der Waals surface area contributed by atoms with Gasteiger partial charge < -0.3 is 15.3 Å². The molecule has 1 aliphatic heterocycles. The maximum atomic E-state index is 13.5. The molecule has 1 aromatic rings. The topological polar surface area (TPSA) is 52.6 Å². The predicted molar refractivity (Wildman–Crippen MR) is 79.9 cm³/mol. The van der Waals surface area contributed by atoms with Crippen molar-refractivity contribution in [3.8, 4) is 0 Å². The second-order valence-electron chi connectivity index (χ2n) is 5.83. The van der Waals surface area contributed by atoms with E-state index in [4.69, 9.17) is 5.11 Å². The number of halogens is 1. The number of hydrogen-bond acceptors (Lipinski definition) is 3. The summed E-state index contributed by atoms with van der Waals surface area (Å²) in [6, 6.07) is 4.28. The fourth-order valence-corrected chi connectivity index (χ4v) is 2.73. The number of nitrogens with one attached hydrogen (secondary N) is 1. The van der Waals surface area contributed by atoms with Crippen LogP contribution in [0.3, 0.4) is 0 Å². The lowest BCUT2D eigenvalue weighted by molar-refractivity contribution is 0.0692. The number of carboxylic acids is 1. The first-order valence-electron chi connectivity index (χ1n) is 7.47. The number of piperidine rings is 1. The highest BCUT2D eigenvalue weighted by Gasteiger charge is 2.16. The van der Waals surface area contributed by atoms with Gasteiger partial charge in [0.15, 0.2) is 0 Å². The lowest BCUT2D eigenvalue weighted by atomic mass is 9.94. The molecule has 0 aliphatic carbocycles. The van der Waals surface area contributed by atoms with Crippen molar-refractivity contribution in [2.45, 2.75) is 25.8 Å². The summed E-state index contributed by atoms with van der Waals surface area (Å²) in [7, 11) is 2.16. The number of aromatic carboxylic acids is 1. The molecule has 1 aliphatic rings. The summed E-state index contributed by atoms with van der Waals surface area (Å²) in [5.41, 5.74) is 0.506. The lowest BCUT2D eigenvalue weighted by Crippen LogP contribution is -2.31. The summed E-state index contributed by atoms with van der Waals surface area (Å²) in [6.07, 6.45) is 3.64. The molecule has 1 saturated heterocycles. The molecule has 4 nitrogen and oxygen atoms in total. The zero-order chi connectivity index (χ0) is 15.2. The van der Waals surface area contributed by atoms with Gasteiger partial charge in [0.25, 0.3) is 0 Å². The summed E-state index contributed by atoms with van der Waals surface area (Å²) in [6.45, 7) is 3.83. The average Bonchev–Trinajstić information content (AvgIpc) is 2.45. The fourth-order valence-electron chi connectivity index (χ4n) is 2.73. The summed E-state index contributed by atoms with van der Waals surface area (Å²) in [4.78, 5) is 13.1. The number of carbonyl (C=O) groups is 1. The van der Waals surface area contributed by atoms with Gasteiger partial charge >= 0.3 is 5.97 Å². The van der Waals surface area contributed by atoms with Crippen LogP contribution in [0.4, 0.5) is 4.39 Å². The third-order valence-corrected chi connectivity index (χ3v) is 4.16. The van der Waals surface area contributed by atoms with Crippen molar-refractivity contribution in [1.82, 2.24) is 10.2 Å². The molecule has 0 bridgehead atoms. The van der Waals surface area contributed by atoms with Gasteiger partial charge in [-0.1, -0.05) is 6.07 Å². The van der Waals surface area contributed by atoms with Crippen LogP contribution in [0.15, 0.2) is 18.2 Å². The van der Waals surface area contributed by atoms with Crippen LogP contribution in [0.25, 0.3) is 0 Å². The van der Waals surface area contributed by atoms with Crippen molar-refractivity contribution in [3.63, 3.8) is 0 Å². The largest absolute Gasteiger partial charge is 0.478 e. The van der Waals surface area contributed by atoms with Crippen LogP contribution in [0.2, 0.25) is 0 Å². The number of carboxylic acid groups (broad SMARTS) is 1. The number of likely N-dealkylation sites (tertiary alicyclic amines) is 1. The second kappa shape index (κ2) is 7.52. The van der Waals surface area contributed by atoms with Crippen LogP contribution in [0.1, 0.15) is 35.2 Å². The number of rotatable bonds is 6. The zero-order valence-electron chi connectivity index (χ0n) is 12.4. The molecule has 1 fully saturated rings. The van der Waals surface area contributed by atoms with Gasteiger partial charge in [0.2, 0.25) is 0 Å². The molecule has 5 heteroatoms. The van der Waals surface area contributed by atoms with E-state index in [-0.39, 0.29) is 5.56 Å². The van der Waals surface area contributed by atoms with Gasteiger partial charge in [-0.2, -0.15) is 0 Å². The Labute approximate surface area is 125 Å². The summed E-state index contributed by atoms with van der Waals surface area (Å²) in [5.74, 6) is -1.12. The Morgan fingerprint density at radius 2 is 2.14 bits per heavy atom. The molecule has 21 heavy (non-hydrogen) atoms. The van der Waals surface area contributed by atoms with Crippen molar-refractivity contribution < 1.29 is 14.3 Å². The van der Waals surface area contributed by atoms with Crippen LogP contribution >= 0.6 is 0 Å². The van der Waals surface area contributed by atoms with Crippen LogP contribution in [-0.2, 0) is 6.54 Å². The van der Waals surface area contributed by atoms with Crippen molar-refractivity contribution in [3.05, 3.63) is 35.1 Å². The van der Waals surface area contributed by atoms with E-state index in [9.17, 15) is 9.18 Å². The zero-order valence-corrected chi connectivity index (χ0v) is 12.4. The van der Waals surface area contributed by atoms with Crippen LogP contribution in [0, 0.1) is 11.7 Å². The van der Waals surface area contributed by atoms with Crippen molar-refractivity contribution in [2.24, 2.45) is 5.92 Å². The van der Waals surface area contributed by atoms with Crippen LogP contribution in [-0.4, -0.2) is 42.7 Å². The summed E-state index contributed by atoms with van der Waals surface area (Å²) < 4.78 is 13.5. The van der Waals surface area contributed by atoms with E-state index in [0.29, 0.717) is 6.54 Å². The Kier molecular flexibility index (Phi) is 5.70. The molecule has 0 amide bonds. The van der Waals surface area contributed by atoms with Gasteiger partial charge in [0, 0.05) is 6.54 Å². The van der Waals surface area contributed by atoms with E-state index in [1.165, 1.54) is 38.1 Å². The standard InChI is InChI=1S/C16H23FN2O2/c1-19-8-5-12(6-9-19)4-7-18-11-13-2-3-14(16(20)21)15(17)10-13/h2-3,10,12,18H,4-9,11H2,1H3,(H,20,21). The van der Waals surface area contributed by atoms with E-state index in [1.54, 1.807) is 6.07 Å². The molecule has 1 aromatic carbocycles. The first kappa shape index (κ1) is 15.9. The molecular formula is C16H23FN2O2. The quantitative estimate of drug-likeness (QED) is 0.791. The SMILES string of the molecule is CN1CCC(CCNCc2ccc(C(=O)O)c(F)c2)CC1. The molecule has 0 atom stereocenters. The first-order chi connectivity index (χ1) is 10.1. The first-order valence-corrected chi connectivity index (χ1v) is 7.47. The van der Waals surface area contributed by atoms with Gasteiger partial charge in [0.1, 0.15) is 5.82 Å². The molecular weight excluding hydrogens is 271 g/mol. The lowest BCUT2D eigenvalue weighted by Gasteiger charge is -2.28. The monoisotopic (exact) mass is 294 g/mol. The minimum Gasteiger partial charge on any atom is -0.478 e. The van der Waals surface area contributed by atoms with Gasteiger partial charge in [0.05, 0.1) is 5.56 Å². The van der Waals surface area contributed by atoms with E-state index in [2.05, 4.69) is 17.3 Å². The minimum absolute atomic E-state index is 0.273. The summed E-state index contributed by atoms with van der Waals surface area (Å²) in [5, 5.41) is 12.1. The minimum atomic E-state index is -1.23. The van der Waals surface area contributed by atoms with Crippen molar-refractivity contribution in [2.75, 3.05) is 26.7 Å². The molecule has 2 rings (SSSR count). The van der Waals surface area contributed by atoms with Crippen LogP contribution < -0.4 is 5.32 Å². The predicted octanol–water partition coefficient (Wildman–Crippen LogP) is 2.35. The van der Waals surface area contributed by atoms with Gasteiger partial charge in [-0.3, -0.25) is 0 Å². The van der Waals surface area contributed by atoms with Gasteiger partial charge in [-0.15, -0.1) is 0 Å². The second-order valence-corrected chi connectivity index (χ2v) is 5.83. The maximum absolute atomic E-state index is 13.5. The van der Waals surface area contributed by atoms with Crippen molar-refractivity contribution in [1.29, 1.82) is 0 Å². The van der Waals surface area contributed by atoms with E-state index in [1.807, 2.05) is 0 Å². The molecule has 0 unspecified atom stereocenters. The maximum Gasteiger partial charge on any atom is 0.338 e. The van der Waals surface area contributed by atoms with E-state index >= 15 is 0 Å². The number of benzene rings is 1. The normalized spacial score (nSPS) is 17.0. The van der Waals surface area contributed by atoms with Crippen molar-refractivity contribution >= 4 is 5.97 Å². The highest BCUT2D eigenvalue weighted by atomic mass is 19.1. The number of nitrogens with zero attached hydrogens (tertiary/aromatic N) is 1. The third kappa shape index (κ3) is 4.79. The number of hydrogen-bond donors (Lipinski definition) is 2. The molecule has 1 heterocycles. The molecule has 0 saturated carbocycles. The molecule has 0 spiro atoms. The Morgan fingerprint density at radius 3 is 2.76 bits per heavy atom. The highest BCUT2D eigenvalue weighted by Crippen LogP contribution is 2.18. The van der Waals surface area contributed by atoms with E-state index < -0.39 is 11.8 Å². The van der Waals surface area contributed by atoms with E-state index in [0.717, 1.165) is 24.4 Å². The van der Waals surface area contributed by atoms with Gasteiger partial charge in [-0.05, 0) is 69.6 Å². The Balaban J connectivity index is 1.71. The summed E-state index contributed by atoms with van der Waals surface area (Å²) >= 11 is 0. The average molecular weight is 294 g/mol.